The molecule has 0 aliphatic carbocycles. The lowest BCUT2D eigenvalue weighted by Gasteiger charge is -2.25. The van der Waals surface area contributed by atoms with Gasteiger partial charge in [-0.2, -0.15) is 0 Å². The second-order valence-corrected chi connectivity index (χ2v) is 6.35. The summed E-state index contributed by atoms with van der Waals surface area (Å²) in [7, 11) is 0. The van der Waals surface area contributed by atoms with Gasteiger partial charge in [-0.05, 0) is 45.9 Å². The van der Waals surface area contributed by atoms with E-state index >= 15 is 0 Å². The molecule has 0 amide bonds. The van der Waals surface area contributed by atoms with Gasteiger partial charge in [-0.3, -0.25) is 4.79 Å². The minimum Gasteiger partial charge on any atom is -0.460 e. The monoisotopic (exact) mass is 332 g/mol. The van der Waals surface area contributed by atoms with E-state index in [4.69, 9.17) is 4.74 Å². The Kier molecular flexibility index (Phi) is 5.10. The topological polar surface area (TPSA) is 46.5 Å². The van der Waals surface area contributed by atoms with Crippen molar-refractivity contribution in [2.75, 3.05) is 0 Å². The average molecular weight is 333 g/mol. The van der Waals surface area contributed by atoms with Gasteiger partial charge in [0, 0.05) is 10.0 Å². The van der Waals surface area contributed by atoms with Crippen LogP contribution in [0.15, 0.2) is 22.7 Å². The van der Waals surface area contributed by atoms with Crippen molar-refractivity contribution in [3.8, 4) is 0 Å². The van der Waals surface area contributed by atoms with Crippen molar-refractivity contribution in [2.45, 2.75) is 39.4 Å². The van der Waals surface area contributed by atoms with E-state index in [2.05, 4.69) is 15.9 Å². The number of benzene rings is 1. The molecule has 106 valence electrons. The molecule has 0 radical (unpaired) electrons. The number of carbonyl (C=O) groups is 1. The Morgan fingerprint density at radius 3 is 2.53 bits per heavy atom. The smallest absolute Gasteiger partial charge is 0.312 e. The average Bonchev–Trinajstić information content (AvgIpc) is 2.28. The first-order chi connectivity index (χ1) is 8.61. The lowest BCUT2D eigenvalue weighted by Crippen LogP contribution is -2.30. The highest BCUT2D eigenvalue weighted by molar-refractivity contribution is 9.10. The number of ether oxygens (including phenoxy) is 1. The van der Waals surface area contributed by atoms with Crippen LogP contribution in [0.1, 0.15) is 39.4 Å². The summed E-state index contributed by atoms with van der Waals surface area (Å²) in [6.07, 6.45) is -1.24. The fraction of sp³-hybridized carbons (Fsp3) is 0.500. The number of hydrogen-bond donors (Lipinski definition) is 1. The molecule has 0 aliphatic heterocycles. The normalized spacial score (nSPS) is 14.9. The number of rotatable bonds is 3. The molecule has 0 spiro atoms. The van der Waals surface area contributed by atoms with E-state index in [1.807, 2.05) is 0 Å². The zero-order chi connectivity index (χ0) is 14.8. The number of aliphatic hydroxyl groups excluding tert-OH is 1. The van der Waals surface area contributed by atoms with Crippen LogP contribution >= 0.6 is 15.9 Å². The van der Waals surface area contributed by atoms with Crippen LogP contribution in [0, 0.1) is 11.7 Å². The summed E-state index contributed by atoms with van der Waals surface area (Å²) >= 11 is 3.21. The van der Waals surface area contributed by atoms with Crippen molar-refractivity contribution in [3.63, 3.8) is 0 Å². The first-order valence-corrected chi connectivity index (χ1v) is 6.77. The molecule has 3 nitrogen and oxygen atoms in total. The molecule has 1 N–H and O–H groups in total. The Labute approximate surface area is 120 Å². The van der Waals surface area contributed by atoms with Gasteiger partial charge in [0.05, 0.1) is 12.0 Å². The zero-order valence-corrected chi connectivity index (χ0v) is 13.0. The third-order valence-electron chi connectivity index (χ3n) is 2.53. The molecule has 0 aromatic heterocycles. The summed E-state index contributed by atoms with van der Waals surface area (Å²) < 4.78 is 19.5. The van der Waals surface area contributed by atoms with Crippen LogP contribution in [0.3, 0.4) is 0 Å². The number of aliphatic hydroxyl groups is 1. The van der Waals surface area contributed by atoms with Crippen molar-refractivity contribution in [1.82, 2.24) is 0 Å². The summed E-state index contributed by atoms with van der Waals surface area (Å²) in [5.74, 6) is -1.95. The molecule has 0 saturated carbocycles. The maximum absolute atomic E-state index is 13.6. The minimum absolute atomic E-state index is 0.0766. The highest BCUT2D eigenvalue weighted by Gasteiger charge is 2.29. The van der Waals surface area contributed by atoms with Crippen LogP contribution in [0.5, 0.6) is 0 Å². The minimum atomic E-state index is -1.24. The van der Waals surface area contributed by atoms with Crippen LogP contribution in [-0.4, -0.2) is 16.7 Å². The van der Waals surface area contributed by atoms with E-state index in [9.17, 15) is 14.3 Å². The van der Waals surface area contributed by atoms with Crippen molar-refractivity contribution in [2.24, 2.45) is 5.92 Å². The van der Waals surface area contributed by atoms with E-state index in [-0.39, 0.29) is 5.56 Å². The number of esters is 1. The van der Waals surface area contributed by atoms with Gasteiger partial charge >= 0.3 is 5.97 Å². The van der Waals surface area contributed by atoms with E-state index in [0.717, 1.165) is 0 Å². The van der Waals surface area contributed by atoms with Gasteiger partial charge in [-0.25, -0.2) is 4.39 Å². The first kappa shape index (κ1) is 16.1. The maximum atomic E-state index is 13.6. The number of hydrogen-bond acceptors (Lipinski definition) is 3. The summed E-state index contributed by atoms with van der Waals surface area (Å²) in [5, 5.41) is 10.1. The van der Waals surface area contributed by atoms with Crippen molar-refractivity contribution in [3.05, 3.63) is 34.1 Å². The highest BCUT2D eigenvalue weighted by atomic mass is 79.9. The number of halogens is 2. The lowest BCUT2D eigenvalue weighted by molar-refractivity contribution is -0.163. The second kappa shape index (κ2) is 6.01. The Hall–Kier alpha value is -0.940. The second-order valence-electron chi connectivity index (χ2n) is 5.43. The molecule has 0 fully saturated rings. The van der Waals surface area contributed by atoms with Gasteiger partial charge in [0.25, 0.3) is 0 Å². The molecular weight excluding hydrogens is 315 g/mol. The molecule has 5 heteroatoms. The van der Waals surface area contributed by atoms with Crippen molar-refractivity contribution < 1.29 is 19.0 Å². The zero-order valence-electron chi connectivity index (χ0n) is 11.4. The van der Waals surface area contributed by atoms with Crippen LogP contribution in [0.2, 0.25) is 0 Å². The fourth-order valence-corrected chi connectivity index (χ4v) is 1.91. The van der Waals surface area contributed by atoms with Gasteiger partial charge in [-0.1, -0.05) is 15.9 Å². The summed E-state index contributed by atoms with van der Waals surface area (Å²) in [6.45, 7) is 6.73. The highest BCUT2D eigenvalue weighted by Crippen LogP contribution is 2.28. The van der Waals surface area contributed by atoms with Crippen LogP contribution in [0.4, 0.5) is 4.39 Å². The van der Waals surface area contributed by atoms with Crippen LogP contribution < -0.4 is 0 Å². The molecule has 19 heavy (non-hydrogen) atoms. The van der Waals surface area contributed by atoms with Crippen LogP contribution in [0.25, 0.3) is 0 Å². The molecule has 2 atom stereocenters. The lowest BCUT2D eigenvalue weighted by atomic mass is 9.97. The van der Waals surface area contributed by atoms with Gasteiger partial charge < -0.3 is 9.84 Å². The van der Waals surface area contributed by atoms with E-state index in [0.29, 0.717) is 4.47 Å². The maximum Gasteiger partial charge on any atom is 0.312 e. The molecule has 0 bridgehead atoms. The van der Waals surface area contributed by atoms with Gasteiger partial charge in [0.2, 0.25) is 0 Å². The Morgan fingerprint density at radius 2 is 2.00 bits per heavy atom. The van der Waals surface area contributed by atoms with Gasteiger partial charge in [0.15, 0.2) is 0 Å². The predicted molar refractivity (Wildman–Crippen MR) is 74.1 cm³/mol. The predicted octanol–water partition coefficient (Wildman–Crippen LogP) is 3.60. The van der Waals surface area contributed by atoms with E-state index in [1.54, 1.807) is 20.8 Å². The third-order valence-corrected chi connectivity index (χ3v) is 3.02. The molecule has 0 heterocycles. The van der Waals surface area contributed by atoms with Crippen LogP contribution in [-0.2, 0) is 9.53 Å². The molecule has 1 aromatic rings. The molecule has 0 aliphatic rings. The Morgan fingerprint density at radius 1 is 1.42 bits per heavy atom. The molecule has 1 aromatic carbocycles. The SMILES string of the molecule is CC(C(=O)OC(C)(C)C)C(O)c1cc(Br)ccc1F. The molecular formula is C14H18BrFO3. The summed E-state index contributed by atoms with van der Waals surface area (Å²) in [6, 6.07) is 4.23. The van der Waals surface area contributed by atoms with Crippen molar-refractivity contribution >= 4 is 21.9 Å². The number of carbonyl (C=O) groups excluding carboxylic acids is 1. The molecule has 0 saturated heterocycles. The van der Waals surface area contributed by atoms with E-state index < -0.39 is 29.4 Å². The first-order valence-electron chi connectivity index (χ1n) is 5.97. The van der Waals surface area contributed by atoms with Crippen molar-refractivity contribution in [1.29, 1.82) is 0 Å². The molecule has 2 unspecified atom stereocenters. The standard InChI is InChI=1S/C14H18BrFO3/c1-8(13(18)19-14(2,3)4)12(17)10-7-9(15)5-6-11(10)16/h5-8,12,17H,1-4H3. The fourth-order valence-electron chi connectivity index (χ4n) is 1.53. The van der Waals surface area contributed by atoms with Gasteiger partial charge in [0.1, 0.15) is 11.4 Å². The Balaban J connectivity index is 2.90. The van der Waals surface area contributed by atoms with Gasteiger partial charge in [-0.15, -0.1) is 0 Å². The summed E-state index contributed by atoms with van der Waals surface area (Å²) in [5.41, 5.74) is -0.561. The third kappa shape index (κ3) is 4.58. The quantitative estimate of drug-likeness (QED) is 0.860. The molecule has 1 rings (SSSR count). The van der Waals surface area contributed by atoms with E-state index in [1.165, 1.54) is 25.1 Å². The largest absolute Gasteiger partial charge is 0.460 e. The summed E-state index contributed by atoms with van der Waals surface area (Å²) in [4.78, 5) is 11.9. The Bertz CT molecular complexity index is 468.